The van der Waals surface area contributed by atoms with Crippen molar-refractivity contribution in [2.24, 2.45) is 0 Å². The minimum Gasteiger partial charge on any atom is -0.507 e. The van der Waals surface area contributed by atoms with Crippen LogP contribution in [0.5, 0.6) is 5.75 Å². The maximum atomic E-state index is 11.6. The van der Waals surface area contributed by atoms with Crippen molar-refractivity contribution in [3.63, 3.8) is 0 Å². The largest absolute Gasteiger partial charge is 0.507 e. The second-order valence-electron chi connectivity index (χ2n) is 17.7. The van der Waals surface area contributed by atoms with Crippen LogP contribution in [0.2, 0.25) is 0 Å². The van der Waals surface area contributed by atoms with Gasteiger partial charge in [0, 0.05) is 44.4 Å². The van der Waals surface area contributed by atoms with Crippen LogP contribution in [-0.4, -0.2) is 15.1 Å². The molecule has 1 atom stereocenters. The van der Waals surface area contributed by atoms with Crippen LogP contribution in [0, 0.1) is 6.07 Å². The summed E-state index contributed by atoms with van der Waals surface area (Å²) in [7, 11) is 0. The molecule has 308 valence electrons. The minimum atomic E-state index is -0.196. The Kier molecular flexibility index (Phi) is 12.6. The second-order valence-corrected chi connectivity index (χ2v) is 17.7. The van der Waals surface area contributed by atoms with Gasteiger partial charge >= 0.3 is 0 Å². The summed E-state index contributed by atoms with van der Waals surface area (Å²) in [5.74, 6) is 1.21. The predicted octanol–water partition coefficient (Wildman–Crippen LogP) is 14.9. The van der Waals surface area contributed by atoms with Gasteiger partial charge in [-0.2, -0.15) is 0 Å². The molecule has 8 aromatic rings. The Morgan fingerprint density at radius 3 is 1.75 bits per heavy atom. The Morgan fingerprint density at radius 2 is 1.13 bits per heavy atom. The van der Waals surface area contributed by atoms with E-state index in [4.69, 9.17) is 9.97 Å². The zero-order valence-corrected chi connectivity index (χ0v) is 38.2. The first-order chi connectivity index (χ1) is 28.8. The first kappa shape index (κ1) is 43.0. The van der Waals surface area contributed by atoms with Crippen molar-refractivity contribution < 1.29 is 26.2 Å². The van der Waals surface area contributed by atoms with Crippen molar-refractivity contribution in [3.8, 4) is 50.5 Å². The molecule has 0 saturated heterocycles. The van der Waals surface area contributed by atoms with Gasteiger partial charge in [-0.05, 0) is 104 Å². The second kappa shape index (κ2) is 17.9. The third kappa shape index (κ3) is 9.62. The Morgan fingerprint density at radius 1 is 0.541 bits per heavy atom. The summed E-state index contributed by atoms with van der Waals surface area (Å²) >= 11 is 0. The molecule has 0 bridgehead atoms. The summed E-state index contributed by atoms with van der Waals surface area (Å²) in [6.45, 7) is 15.7. The van der Waals surface area contributed by atoms with E-state index in [1.165, 1.54) is 16.7 Å². The average molecular weight is 978 g/mol. The zero-order valence-electron chi connectivity index (χ0n) is 35.9. The van der Waals surface area contributed by atoms with Crippen molar-refractivity contribution in [2.75, 3.05) is 4.90 Å². The van der Waals surface area contributed by atoms with Gasteiger partial charge in [0.15, 0.2) is 0 Å². The Hall–Kier alpha value is -6.09. The topological polar surface area (TPSA) is 49.2 Å². The van der Waals surface area contributed by atoms with E-state index in [0.717, 1.165) is 56.3 Å². The molecule has 0 fully saturated rings. The number of anilines is 3. The van der Waals surface area contributed by atoms with Gasteiger partial charge in [-0.25, -0.2) is 4.98 Å². The van der Waals surface area contributed by atoms with Gasteiger partial charge in [0.2, 0.25) is 0 Å². The quantitative estimate of drug-likeness (QED) is 0.146. The third-order valence-corrected chi connectivity index (χ3v) is 11.4. The fourth-order valence-corrected chi connectivity index (χ4v) is 7.67. The van der Waals surface area contributed by atoms with E-state index < -0.39 is 0 Å². The van der Waals surface area contributed by atoms with Crippen LogP contribution in [0.3, 0.4) is 0 Å². The fourth-order valence-electron chi connectivity index (χ4n) is 7.67. The van der Waals surface area contributed by atoms with E-state index in [1.54, 1.807) is 0 Å². The number of pyridine rings is 2. The third-order valence-electron chi connectivity index (χ3n) is 11.4. The summed E-state index contributed by atoms with van der Waals surface area (Å²) in [6, 6.07) is 62.7. The molecule has 2 aromatic heterocycles. The summed E-state index contributed by atoms with van der Waals surface area (Å²) in [5.41, 5.74) is 13.6. The van der Waals surface area contributed by atoms with Gasteiger partial charge in [-0.3, -0.25) is 4.98 Å². The predicted molar refractivity (Wildman–Crippen MR) is 250 cm³/mol. The number of hydrogen-bond acceptors (Lipinski definition) is 4. The maximum absolute atomic E-state index is 11.6. The normalized spacial score (nSPS) is 12.0. The van der Waals surface area contributed by atoms with Crippen molar-refractivity contribution in [2.45, 2.75) is 65.2 Å². The van der Waals surface area contributed by atoms with Gasteiger partial charge in [-0.1, -0.05) is 164 Å². The van der Waals surface area contributed by atoms with Crippen molar-refractivity contribution in [3.05, 3.63) is 204 Å². The monoisotopic (exact) mass is 977 g/mol. The molecule has 8 rings (SSSR count). The van der Waals surface area contributed by atoms with Crippen LogP contribution >= 0.6 is 0 Å². The van der Waals surface area contributed by atoms with Crippen LogP contribution in [0.4, 0.5) is 17.2 Å². The maximum Gasteiger partial charge on any atom is 0.136 e. The number of aromatic nitrogens is 2. The molecule has 6 aromatic carbocycles. The first-order valence-electron chi connectivity index (χ1n) is 20.8. The van der Waals surface area contributed by atoms with Crippen molar-refractivity contribution >= 4 is 17.2 Å². The van der Waals surface area contributed by atoms with Crippen LogP contribution in [-0.2, 0) is 31.9 Å². The summed E-state index contributed by atoms with van der Waals surface area (Å²) < 4.78 is 0. The molecule has 0 aliphatic carbocycles. The van der Waals surface area contributed by atoms with E-state index in [2.05, 4.69) is 181 Å². The fraction of sp³-hybridized carbons (Fsp3) is 0.179. The van der Waals surface area contributed by atoms with Crippen molar-refractivity contribution in [1.82, 2.24) is 9.97 Å². The van der Waals surface area contributed by atoms with Crippen LogP contribution in [0.15, 0.2) is 176 Å². The van der Waals surface area contributed by atoms with E-state index in [9.17, 15) is 5.11 Å². The smallest absolute Gasteiger partial charge is 0.136 e. The number of phenolic OH excluding ortho intramolecular Hbond substituents is 1. The molecule has 0 saturated carbocycles. The number of nitrogens with zero attached hydrogens (tertiary/aromatic N) is 3. The van der Waals surface area contributed by atoms with Crippen LogP contribution < -0.4 is 4.90 Å². The SMILES string of the molecule is CC(c1ccccc1)c1ccc(N(c2[c-]c(-c3cc(-c4ccc(C(C)(C)C)cc4)cc(-c4ccc(-c5ccccc5)cc4O)n3)cc(C(C)(C)C)c2)c2ccccn2)cc1.[Pt]. The van der Waals surface area contributed by atoms with E-state index in [-0.39, 0.29) is 43.6 Å². The molecule has 4 nitrogen and oxygen atoms in total. The standard InChI is InChI=1S/C56H52N3O.Pt/c1-38(39-16-10-8-11-17-39)40-23-28-48(29-24-40)59(54-20-14-15-31-57-54)49-33-45(32-47(37-49)56(5,6)7)51-34-44(42-21-26-46(27-22-42)55(2,3)4)35-52(58-51)50-30-25-43(36-53(50)60)41-18-12-9-13-19-41;/h8-32,34-38,60H,1-7H3;/q-1;. The molecule has 0 spiro atoms. The van der Waals surface area contributed by atoms with E-state index >= 15 is 0 Å². The molecule has 5 heteroatoms. The average Bonchev–Trinajstić information content (AvgIpc) is 3.26. The number of benzene rings is 6. The van der Waals surface area contributed by atoms with E-state index in [1.807, 2.05) is 54.7 Å². The molecule has 0 amide bonds. The molecule has 0 radical (unpaired) electrons. The molecule has 0 aliphatic heterocycles. The minimum absolute atomic E-state index is 0. The Labute approximate surface area is 376 Å². The van der Waals surface area contributed by atoms with Crippen molar-refractivity contribution in [1.29, 1.82) is 0 Å². The van der Waals surface area contributed by atoms with Gasteiger partial charge in [0.1, 0.15) is 11.6 Å². The number of phenols is 1. The Bertz CT molecular complexity index is 2720. The molecule has 61 heavy (non-hydrogen) atoms. The van der Waals surface area contributed by atoms with Gasteiger partial charge in [0.05, 0.1) is 5.69 Å². The number of aromatic hydroxyl groups is 1. The van der Waals surface area contributed by atoms with Gasteiger partial charge in [0.25, 0.3) is 0 Å². The Balaban J connectivity index is 0.00000561. The van der Waals surface area contributed by atoms with Gasteiger partial charge < -0.3 is 10.0 Å². The van der Waals surface area contributed by atoms with E-state index in [0.29, 0.717) is 11.3 Å². The molecule has 2 heterocycles. The summed E-state index contributed by atoms with van der Waals surface area (Å²) in [4.78, 5) is 12.4. The molecular formula is C56H52N3OPt-. The molecule has 1 N–H and O–H groups in total. The molecule has 1 unspecified atom stereocenters. The summed E-state index contributed by atoms with van der Waals surface area (Å²) in [5, 5.41) is 11.6. The zero-order chi connectivity index (χ0) is 42.0. The first-order valence-corrected chi connectivity index (χ1v) is 20.8. The van der Waals surface area contributed by atoms with Crippen LogP contribution in [0.1, 0.15) is 76.6 Å². The number of rotatable bonds is 9. The molecule has 0 aliphatic rings. The van der Waals surface area contributed by atoms with Gasteiger partial charge in [-0.15, -0.1) is 29.3 Å². The van der Waals surface area contributed by atoms with Crippen LogP contribution in [0.25, 0.3) is 44.8 Å². The number of hydrogen-bond donors (Lipinski definition) is 1. The molecular weight excluding hydrogens is 926 g/mol. The summed E-state index contributed by atoms with van der Waals surface area (Å²) in [6.07, 6.45) is 1.83.